The molecule has 0 unspecified atom stereocenters. The number of hydrogen-bond acceptors (Lipinski definition) is 5. The van der Waals surface area contributed by atoms with Gasteiger partial charge in [0, 0.05) is 25.7 Å². The average molecular weight is 457 g/mol. The van der Waals surface area contributed by atoms with Crippen molar-refractivity contribution < 1.29 is 17.9 Å². The second kappa shape index (κ2) is 10.4. The third-order valence-electron chi connectivity index (χ3n) is 5.09. The van der Waals surface area contributed by atoms with Gasteiger partial charge in [-0.25, -0.2) is 13.1 Å². The highest BCUT2D eigenvalue weighted by molar-refractivity contribution is 7.89. The summed E-state index contributed by atoms with van der Waals surface area (Å²) in [6.07, 6.45) is 4.34. The van der Waals surface area contributed by atoms with Crippen LogP contribution in [0.2, 0.25) is 0 Å². The van der Waals surface area contributed by atoms with Crippen molar-refractivity contribution in [2.45, 2.75) is 31.6 Å². The van der Waals surface area contributed by atoms with Crippen LogP contribution in [0.5, 0.6) is 5.75 Å². The van der Waals surface area contributed by atoms with Crippen molar-refractivity contribution in [3.63, 3.8) is 0 Å². The molecule has 1 aromatic heterocycles. The number of aromatic nitrogens is 2. The summed E-state index contributed by atoms with van der Waals surface area (Å²) in [7, 11) is -2.17. The van der Waals surface area contributed by atoms with E-state index in [-0.39, 0.29) is 17.2 Å². The fourth-order valence-electron chi connectivity index (χ4n) is 3.34. The highest BCUT2D eigenvalue weighted by Gasteiger charge is 2.23. The Morgan fingerprint density at radius 3 is 2.50 bits per heavy atom. The van der Waals surface area contributed by atoms with Crippen LogP contribution < -0.4 is 10.1 Å². The molecule has 0 atom stereocenters. The van der Waals surface area contributed by atoms with E-state index in [1.807, 2.05) is 36.5 Å². The maximum atomic E-state index is 12.8. The van der Waals surface area contributed by atoms with Gasteiger partial charge in [-0.1, -0.05) is 32.0 Å². The van der Waals surface area contributed by atoms with Gasteiger partial charge in [0.2, 0.25) is 15.9 Å². The quantitative estimate of drug-likeness (QED) is 0.504. The number of amides is 1. The van der Waals surface area contributed by atoms with E-state index in [2.05, 4.69) is 10.4 Å². The Labute approximate surface area is 188 Å². The second-order valence-electron chi connectivity index (χ2n) is 7.13. The predicted molar refractivity (Wildman–Crippen MR) is 124 cm³/mol. The van der Waals surface area contributed by atoms with Crippen LogP contribution in [0.4, 0.5) is 5.69 Å². The topological polar surface area (TPSA) is 93.5 Å². The molecule has 0 saturated carbocycles. The zero-order valence-electron chi connectivity index (χ0n) is 18.5. The summed E-state index contributed by atoms with van der Waals surface area (Å²) in [5.41, 5.74) is 2.19. The van der Waals surface area contributed by atoms with Crippen molar-refractivity contribution in [2.75, 3.05) is 25.5 Å². The standard InChI is InChI=1S/C23H28N4O4S/c1-4-26(5-2)32(29,30)20-12-13-22(31-3)21(15-20)25-23(28)14-11-18-16-24-27(17-18)19-9-7-6-8-10-19/h6-10,12-13,15-17H,4-5,11,14H2,1-3H3,(H,25,28). The number of anilines is 1. The Bertz CT molecular complexity index is 1160. The van der Waals surface area contributed by atoms with Crippen LogP contribution >= 0.6 is 0 Å². The van der Waals surface area contributed by atoms with Crippen molar-refractivity contribution in [1.29, 1.82) is 0 Å². The zero-order chi connectivity index (χ0) is 23.1. The number of nitrogens with zero attached hydrogens (tertiary/aromatic N) is 3. The maximum Gasteiger partial charge on any atom is 0.243 e. The average Bonchev–Trinajstić information content (AvgIpc) is 3.28. The highest BCUT2D eigenvalue weighted by atomic mass is 32.2. The van der Waals surface area contributed by atoms with Gasteiger partial charge in [-0.2, -0.15) is 9.40 Å². The number of benzene rings is 2. The van der Waals surface area contributed by atoms with Crippen molar-refractivity contribution in [3.8, 4) is 11.4 Å². The molecule has 32 heavy (non-hydrogen) atoms. The Morgan fingerprint density at radius 2 is 1.84 bits per heavy atom. The third kappa shape index (κ3) is 5.35. The Morgan fingerprint density at radius 1 is 1.12 bits per heavy atom. The number of aryl methyl sites for hydroxylation is 1. The lowest BCUT2D eigenvalue weighted by Crippen LogP contribution is -2.30. The van der Waals surface area contributed by atoms with Gasteiger partial charge < -0.3 is 10.1 Å². The van der Waals surface area contributed by atoms with E-state index in [0.717, 1.165) is 11.3 Å². The normalized spacial score (nSPS) is 11.5. The number of carbonyl (C=O) groups is 1. The smallest absolute Gasteiger partial charge is 0.243 e. The Balaban J connectivity index is 1.70. The fraction of sp³-hybridized carbons (Fsp3) is 0.304. The van der Waals surface area contributed by atoms with Crippen LogP contribution in [0.1, 0.15) is 25.8 Å². The molecule has 0 aliphatic rings. The van der Waals surface area contributed by atoms with Crippen molar-refractivity contribution >= 4 is 21.6 Å². The number of sulfonamides is 1. The van der Waals surface area contributed by atoms with Crippen molar-refractivity contribution in [1.82, 2.24) is 14.1 Å². The van der Waals surface area contributed by atoms with Crippen LogP contribution in [0.25, 0.3) is 5.69 Å². The molecule has 8 nitrogen and oxygen atoms in total. The van der Waals surface area contributed by atoms with Crippen molar-refractivity contribution in [3.05, 3.63) is 66.5 Å². The number of para-hydroxylation sites is 1. The van der Waals surface area contributed by atoms with E-state index in [9.17, 15) is 13.2 Å². The largest absolute Gasteiger partial charge is 0.495 e. The van der Waals surface area contributed by atoms with Gasteiger partial charge in [-0.3, -0.25) is 4.79 Å². The maximum absolute atomic E-state index is 12.8. The zero-order valence-corrected chi connectivity index (χ0v) is 19.3. The lowest BCUT2D eigenvalue weighted by atomic mass is 10.2. The molecule has 0 saturated heterocycles. The van der Waals surface area contributed by atoms with E-state index >= 15 is 0 Å². The van der Waals surface area contributed by atoms with E-state index in [1.54, 1.807) is 30.8 Å². The lowest BCUT2D eigenvalue weighted by Gasteiger charge is -2.19. The first-order valence-corrected chi connectivity index (χ1v) is 11.9. The van der Waals surface area contributed by atoms with Crippen LogP contribution in [-0.2, 0) is 21.2 Å². The van der Waals surface area contributed by atoms with E-state index in [4.69, 9.17) is 4.74 Å². The highest BCUT2D eigenvalue weighted by Crippen LogP contribution is 2.29. The molecular weight excluding hydrogens is 428 g/mol. The molecule has 170 valence electrons. The predicted octanol–water partition coefficient (Wildman–Crippen LogP) is 3.48. The van der Waals surface area contributed by atoms with E-state index in [0.29, 0.717) is 30.9 Å². The number of carbonyl (C=O) groups excluding carboxylic acids is 1. The molecule has 3 rings (SSSR count). The van der Waals surface area contributed by atoms with Gasteiger partial charge in [-0.15, -0.1) is 0 Å². The summed E-state index contributed by atoms with van der Waals surface area (Å²) in [6.45, 7) is 4.30. The van der Waals surface area contributed by atoms with Crippen LogP contribution in [-0.4, -0.2) is 48.6 Å². The fourth-order valence-corrected chi connectivity index (χ4v) is 4.82. The molecule has 1 heterocycles. The summed E-state index contributed by atoms with van der Waals surface area (Å²) in [6, 6.07) is 14.2. The summed E-state index contributed by atoms with van der Waals surface area (Å²) in [4.78, 5) is 12.7. The third-order valence-corrected chi connectivity index (χ3v) is 7.13. The minimum Gasteiger partial charge on any atom is -0.495 e. The number of rotatable bonds is 10. The van der Waals surface area contributed by atoms with Crippen LogP contribution in [0.15, 0.2) is 65.8 Å². The molecule has 2 aromatic carbocycles. The molecule has 0 radical (unpaired) electrons. The SMILES string of the molecule is CCN(CC)S(=O)(=O)c1ccc(OC)c(NC(=O)CCc2cnn(-c3ccccc3)c2)c1. The first-order chi connectivity index (χ1) is 15.4. The molecule has 0 spiro atoms. The van der Waals surface area contributed by atoms with Crippen LogP contribution in [0.3, 0.4) is 0 Å². The number of nitrogens with one attached hydrogen (secondary N) is 1. The molecule has 0 aliphatic heterocycles. The second-order valence-corrected chi connectivity index (χ2v) is 9.07. The van der Waals surface area contributed by atoms with Gasteiger partial charge in [0.15, 0.2) is 0 Å². The molecular formula is C23H28N4O4S. The number of hydrogen-bond donors (Lipinski definition) is 1. The molecule has 0 aliphatic carbocycles. The lowest BCUT2D eigenvalue weighted by molar-refractivity contribution is -0.116. The monoisotopic (exact) mass is 456 g/mol. The Hall–Kier alpha value is -3.17. The molecule has 0 bridgehead atoms. The first-order valence-electron chi connectivity index (χ1n) is 10.5. The van der Waals surface area contributed by atoms with Gasteiger partial charge in [0.25, 0.3) is 0 Å². The minimum absolute atomic E-state index is 0.112. The summed E-state index contributed by atoms with van der Waals surface area (Å²) in [5, 5.41) is 7.12. The molecule has 3 aromatic rings. The van der Waals surface area contributed by atoms with Gasteiger partial charge in [-0.05, 0) is 42.3 Å². The summed E-state index contributed by atoms with van der Waals surface area (Å²) >= 11 is 0. The molecule has 1 amide bonds. The summed E-state index contributed by atoms with van der Waals surface area (Å²) in [5.74, 6) is 0.155. The molecule has 0 fully saturated rings. The molecule has 1 N–H and O–H groups in total. The van der Waals surface area contributed by atoms with Crippen molar-refractivity contribution in [2.24, 2.45) is 0 Å². The number of ether oxygens (including phenoxy) is 1. The Kier molecular flexibility index (Phi) is 7.66. The summed E-state index contributed by atoms with van der Waals surface area (Å²) < 4.78 is 34.1. The van der Waals surface area contributed by atoms with E-state index in [1.165, 1.54) is 23.5 Å². The van der Waals surface area contributed by atoms with Gasteiger partial charge >= 0.3 is 0 Å². The minimum atomic E-state index is -3.65. The van der Waals surface area contributed by atoms with Gasteiger partial charge in [0.05, 0.1) is 29.6 Å². The molecule has 9 heteroatoms. The van der Waals surface area contributed by atoms with Crippen LogP contribution in [0, 0.1) is 0 Å². The van der Waals surface area contributed by atoms with Gasteiger partial charge in [0.1, 0.15) is 5.75 Å². The number of methoxy groups -OCH3 is 1. The first kappa shape index (κ1) is 23.5. The van der Waals surface area contributed by atoms with E-state index < -0.39 is 10.0 Å².